The Labute approximate surface area is 157 Å². The molecule has 0 aromatic heterocycles. The lowest BCUT2D eigenvalue weighted by Crippen LogP contribution is -2.18. The minimum Gasteiger partial charge on any atom is -0.469 e. The summed E-state index contributed by atoms with van der Waals surface area (Å²) >= 11 is 0. The van der Waals surface area contributed by atoms with Crippen molar-refractivity contribution in [3.05, 3.63) is 24.3 Å². The number of unbranched alkanes of at least 4 members (excludes halogenated alkanes) is 3. The fraction of sp³-hybridized carbons (Fsp3) is 0.714. The highest BCUT2D eigenvalue weighted by Crippen LogP contribution is 2.33. The third-order valence-electron chi connectivity index (χ3n) is 4.93. The molecule has 2 N–H and O–H groups in total. The van der Waals surface area contributed by atoms with Crippen LogP contribution in [-0.2, 0) is 14.3 Å². The molecule has 26 heavy (non-hydrogen) atoms. The Bertz CT molecular complexity index is 483. The van der Waals surface area contributed by atoms with Crippen LogP contribution >= 0.6 is 0 Å². The van der Waals surface area contributed by atoms with Crippen molar-refractivity contribution in [3.8, 4) is 0 Å². The summed E-state index contributed by atoms with van der Waals surface area (Å²) in [6, 6.07) is 0. The zero-order chi connectivity index (χ0) is 19.4. The van der Waals surface area contributed by atoms with Gasteiger partial charge in [-0.15, -0.1) is 0 Å². The number of esters is 1. The lowest BCUT2D eigenvalue weighted by molar-refractivity contribution is -0.140. The second-order valence-corrected chi connectivity index (χ2v) is 7.05. The molecule has 0 bridgehead atoms. The van der Waals surface area contributed by atoms with Crippen LogP contribution in [0.15, 0.2) is 24.3 Å². The van der Waals surface area contributed by atoms with Crippen LogP contribution in [0.1, 0.15) is 64.7 Å². The summed E-state index contributed by atoms with van der Waals surface area (Å²) in [5, 5.41) is 20.2. The van der Waals surface area contributed by atoms with Crippen molar-refractivity contribution in [2.24, 2.45) is 11.8 Å². The van der Waals surface area contributed by atoms with Crippen molar-refractivity contribution in [1.82, 2.24) is 0 Å². The molecule has 5 nitrogen and oxygen atoms in total. The van der Waals surface area contributed by atoms with E-state index in [2.05, 4.69) is 11.7 Å². The van der Waals surface area contributed by atoms with E-state index in [0.717, 1.165) is 32.1 Å². The van der Waals surface area contributed by atoms with E-state index in [-0.39, 0.29) is 30.0 Å². The van der Waals surface area contributed by atoms with Gasteiger partial charge in [0.1, 0.15) is 5.78 Å². The molecule has 0 heterocycles. The van der Waals surface area contributed by atoms with Crippen molar-refractivity contribution in [2.45, 2.75) is 76.9 Å². The van der Waals surface area contributed by atoms with Crippen LogP contribution < -0.4 is 0 Å². The number of methoxy groups -OCH3 is 1. The van der Waals surface area contributed by atoms with Gasteiger partial charge in [0.2, 0.25) is 0 Å². The number of Topliss-reactive ketones (excluding diaryl/α,β-unsaturated/α-hetero) is 1. The van der Waals surface area contributed by atoms with Crippen molar-refractivity contribution in [1.29, 1.82) is 0 Å². The fourth-order valence-electron chi connectivity index (χ4n) is 3.31. The topological polar surface area (TPSA) is 83.8 Å². The first-order valence-corrected chi connectivity index (χ1v) is 9.78. The van der Waals surface area contributed by atoms with Crippen LogP contribution in [0.3, 0.4) is 0 Å². The lowest BCUT2D eigenvalue weighted by Gasteiger charge is -2.16. The van der Waals surface area contributed by atoms with Gasteiger partial charge in [0, 0.05) is 24.7 Å². The minimum atomic E-state index is -0.667. The quantitative estimate of drug-likeness (QED) is 0.314. The number of aliphatic hydroxyl groups excluding tert-OH is 2. The largest absolute Gasteiger partial charge is 0.469 e. The van der Waals surface area contributed by atoms with E-state index in [4.69, 9.17) is 0 Å². The van der Waals surface area contributed by atoms with E-state index in [0.29, 0.717) is 19.3 Å². The summed E-state index contributed by atoms with van der Waals surface area (Å²) in [6.07, 6.45) is 12.8. The molecule has 1 aliphatic rings. The summed E-state index contributed by atoms with van der Waals surface area (Å²) in [4.78, 5) is 23.2. The van der Waals surface area contributed by atoms with E-state index >= 15 is 0 Å². The Morgan fingerprint density at radius 1 is 1.31 bits per heavy atom. The predicted molar refractivity (Wildman–Crippen MR) is 102 cm³/mol. The Kier molecular flexibility index (Phi) is 11.1. The van der Waals surface area contributed by atoms with Crippen LogP contribution in [0.4, 0.5) is 0 Å². The van der Waals surface area contributed by atoms with Gasteiger partial charge in [-0.05, 0) is 25.7 Å². The standard InChI is InChI=1S/C21H34O5/c1-3-4-7-10-16(22)13-14-18-17(19(23)15-20(18)24)11-8-5-6-9-12-21(25)26-2/h5,8,13-14,16-18,20,22,24H,3-4,6-7,9-12,15H2,1-2H3. The second-order valence-electron chi connectivity index (χ2n) is 7.05. The van der Waals surface area contributed by atoms with E-state index in [1.165, 1.54) is 7.11 Å². The highest BCUT2D eigenvalue weighted by atomic mass is 16.5. The predicted octanol–water partition coefficient (Wildman–Crippen LogP) is 3.34. The smallest absolute Gasteiger partial charge is 0.305 e. The molecular formula is C21H34O5. The van der Waals surface area contributed by atoms with Crippen LogP contribution in [-0.4, -0.2) is 41.3 Å². The van der Waals surface area contributed by atoms with Crippen LogP contribution in [0.2, 0.25) is 0 Å². The number of carbonyl (C=O) groups is 2. The summed E-state index contributed by atoms with van der Waals surface area (Å²) in [5.41, 5.74) is 0. The average Bonchev–Trinajstić information content (AvgIpc) is 2.89. The number of carbonyl (C=O) groups excluding carboxylic acids is 2. The highest BCUT2D eigenvalue weighted by molar-refractivity contribution is 5.84. The Morgan fingerprint density at radius 3 is 2.77 bits per heavy atom. The first-order chi connectivity index (χ1) is 12.5. The first kappa shape index (κ1) is 22.6. The molecule has 0 spiro atoms. The van der Waals surface area contributed by atoms with Crippen molar-refractivity contribution in [2.75, 3.05) is 7.11 Å². The number of hydrogen-bond donors (Lipinski definition) is 2. The lowest BCUT2D eigenvalue weighted by atomic mass is 9.90. The van der Waals surface area contributed by atoms with Crippen LogP contribution in [0.5, 0.6) is 0 Å². The molecule has 0 saturated heterocycles. The Balaban J connectivity index is 2.46. The van der Waals surface area contributed by atoms with Crippen molar-refractivity contribution < 1.29 is 24.5 Å². The van der Waals surface area contributed by atoms with Gasteiger partial charge in [-0.2, -0.15) is 0 Å². The van der Waals surface area contributed by atoms with E-state index in [1.807, 2.05) is 18.2 Å². The van der Waals surface area contributed by atoms with Gasteiger partial charge in [0.25, 0.3) is 0 Å². The van der Waals surface area contributed by atoms with Gasteiger partial charge in [-0.25, -0.2) is 0 Å². The van der Waals surface area contributed by atoms with Crippen molar-refractivity contribution >= 4 is 11.8 Å². The molecule has 0 aromatic rings. The maximum absolute atomic E-state index is 12.1. The number of rotatable bonds is 12. The van der Waals surface area contributed by atoms with Gasteiger partial charge in [-0.3, -0.25) is 9.59 Å². The van der Waals surface area contributed by atoms with Gasteiger partial charge in [-0.1, -0.05) is 50.5 Å². The van der Waals surface area contributed by atoms with Gasteiger partial charge in [0.15, 0.2) is 0 Å². The average molecular weight is 366 g/mol. The van der Waals surface area contributed by atoms with Gasteiger partial charge >= 0.3 is 5.97 Å². The second kappa shape index (κ2) is 12.8. The molecule has 0 aliphatic heterocycles. The maximum atomic E-state index is 12.1. The van der Waals surface area contributed by atoms with E-state index < -0.39 is 12.2 Å². The molecule has 4 atom stereocenters. The summed E-state index contributed by atoms with van der Waals surface area (Å²) in [7, 11) is 1.38. The molecule has 0 radical (unpaired) electrons. The number of aliphatic hydroxyl groups is 2. The van der Waals surface area contributed by atoms with Gasteiger partial charge < -0.3 is 14.9 Å². The SMILES string of the molecule is CCCCCC(O)C=CC1C(O)CC(=O)C1CC=CCCCC(=O)OC. The first-order valence-electron chi connectivity index (χ1n) is 9.78. The third-order valence-corrected chi connectivity index (χ3v) is 4.93. The highest BCUT2D eigenvalue weighted by Gasteiger charge is 2.39. The zero-order valence-electron chi connectivity index (χ0n) is 16.1. The van der Waals surface area contributed by atoms with Crippen molar-refractivity contribution in [3.63, 3.8) is 0 Å². The number of hydrogen-bond acceptors (Lipinski definition) is 5. The number of ketones is 1. The molecule has 1 rings (SSSR count). The summed E-state index contributed by atoms with van der Waals surface area (Å²) in [6.45, 7) is 2.12. The molecule has 1 aliphatic carbocycles. The van der Waals surface area contributed by atoms with Crippen LogP contribution in [0, 0.1) is 11.8 Å². The van der Waals surface area contributed by atoms with Gasteiger partial charge in [0.05, 0.1) is 19.3 Å². The molecule has 5 heteroatoms. The molecule has 148 valence electrons. The normalized spacial score (nSPS) is 24.6. The summed E-state index contributed by atoms with van der Waals surface area (Å²) in [5.74, 6) is -0.606. The monoisotopic (exact) mass is 366 g/mol. The van der Waals surface area contributed by atoms with E-state index in [9.17, 15) is 19.8 Å². The molecule has 4 unspecified atom stereocenters. The maximum Gasteiger partial charge on any atom is 0.305 e. The summed E-state index contributed by atoms with van der Waals surface area (Å²) < 4.78 is 4.59. The molecular weight excluding hydrogens is 332 g/mol. The van der Waals surface area contributed by atoms with Crippen LogP contribution in [0.25, 0.3) is 0 Å². The third kappa shape index (κ3) is 8.28. The molecule has 0 aromatic carbocycles. The molecule has 1 saturated carbocycles. The zero-order valence-corrected chi connectivity index (χ0v) is 16.1. The molecule has 1 fully saturated rings. The fourth-order valence-corrected chi connectivity index (χ4v) is 3.31. The number of allylic oxidation sites excluding steroid dienone is 2. The Morgan fingerprint density at radius 2 is 2.08 bits per heavy atom. The Hall–Kier alpha value is -1.46. The van der Waals surface area contributed by atoms with E-state index in [1.54, 1.807) is 6.08 Å². The molecule has 0 amide bonds. The number of ether oxygens (including phenoxy) is 1. The minimum absolute atomic E-state index is 0.0758.